The van der Waals surface area contributed by atoms with Gasteiger partial charge in [-0.15, -0.1) is 0 Å². The van der Waals surface area contributed by atoms with Gasteiger partial charge in [0.1, 0.15) is 17.3 Å². The predicted molar refractivity (Wildman–Crippen MR) is 123 cm³/mol. The number of benzene rings is 1. The van der Waals surface area contributed by atoms with Crippen molar-refractivity contribution in [1.29, 1.82) is 0 Å². The number of hydrogen-bond acceptors (Lipinski definition) is 2. The van der Waals surface area contributed by atoms with E-state index in [1.165, 1.54) is 23.9 Å². The van der Waals surface area contributed by atoms with Crippen LogP contribution in [0.4, 0.5) is 14.5 Å². The van der Waals surface area contributed by atoms with E-state index in [1.54, 1.807) is 0 Å². The summed E-state index contributed by atoms with van der Waals surface area (Å²) in [6.45, 7) is 7.32. The number of anilines is 1. The summed E-state index contributed by atoms with van der Waals surface area (Å²) in [6.07, 6.45) is 8.41. The zero-order valence-electron chi connectivity index (χ0n) is 19.8. The first-order valence-electron chi connectivity index (χ1n) is 12.5. The van der Waals surface area contributed by atoms with Crippen molar-refractivity contribution in [3.05, 3.63) is 41.6 Å². The standard InChI is InChI=1S/C27H34F2N2O2/c1-4-31-22-11-8-16-17-9-10-19(25(33)30-24-20(28)6-5-7-21(24)29)26(17,2)14-12-18(16)27(22,3)15-13-23(31)32/h5-7,11,16-19H,4,8-10,12-15H2,1-3H3,(H,30,33)/t16-,17-,18-,19+,26-,27+/m0/s1. The van der Waals surface area contributed by atoms with Crippen molar-refractivity contribution in [1.82, 2.24) is 4.90 Å². The molecule has 5 rings (SSSR count). The number of fused-ring (bicyclic) bond motifs is 5. The fraction of sp³-hybridized carbons (Fsp3) is 0.630. The number of rotatable bonds is 3. The highest BCUT2D eigenvalue weighted by Gasteiger charge is 2.60. The quantitative estimate of drug-likeness (QED) is 0.616. The Morgan fingerprint density at radius 2 is 1.85 bits per heavy atom. The number of likely N-dealkylation sites (tertiary alicyclic amines) is 1. The number of carbonyl (C=O) groups excluding carboxylic acids is 2. The van der Waals surface area contributed by atoms with Crippen LogP contribution < -0.4 is 5.32 Å². The van der Waals surface area contributed by atoms with E-state index in [4.69, 9.17) is 0 Å². The summed E-state index contributed by atoms with van der Waals surface area (Å²) in [6, 6.07) is 3.65. The summed E-state index contributed by atoms with van der Waals surface area (Å²) in [7, 11) is 0. The minimum Gasteiger partial charge on any atom is -0.321 e. The molecule has 2 amide bonds. The predicted octanol–water partition coefficient (Wildman–Crippen LogP) is 5.90. The van der Waals surface area contributed by atoms with Crippen LogP contribution in [0.5, 0.6) is 0 Å². The van der Waals surface area contributed by atoms with Gasteiger partial charge in [0.05, 0.1) is 0 Å². The fourth-order valence-corrected chi connectivity index (χ4v) is 8.05. The highest BCUT2D eigenvalue weighted by atomic mass is 19.1. The number of hydrogen-bond donors (Lipinski definition) is 1. The number of amides is 2. The van der Waals surface area contributed by atoms with Crippen LogP contribution in [0.15, 0.2) is 30.0 Å². The van der Waals surface area contributed by atoms with Gasteiger partial charge in [-0.2, -0.15) is 0 Å². The Labute approximate surface area is 194 Å². The molecule has 4 aliphatic rings. The second-order valence-corrected chi connectivity index (χ2v) is 11.0. The molecule has 0 unspecified atom stereocenters. The van der Waals surface area contributed by atoms with Crippen molar-refractivity contribution >= 4 is 17.5 Å². The van der Waals surface area contributed by atoms with Gasteiger partial charge in [-0.3, -0.25) is 9.59 Å². The Morgan fingerprint density at radius 3 is 2.55 bits per heavy atom. The van der Waals surface area contributed by atoms with Gasteiger partial charge in [-0.25, -0.2) is 8.78 Å². The van der Waals surface area contributed by atoms with Crippen LogP contribution in [0.1, 0.15) is 65.7 Å². The Balaban J connectivity index is 1.40. The van der Waals surface area contributed by atoms with Gasteiger partial charge in [-0.05, 0) is 80.8 Å². The lowest BCUT2D eigenvalue weighted by Gasteiger charge is -2.58. The van der Waals surface area contributed by atoms with E-state index in [9.17, 15) is 18.4 Å². The number of piperidine rings is 1. The van der Waals surface area contributed by atoms with Crippen LogP contribution in [0.2, 0.25) is 0 Å². The van der Waals surface area contributed by atoms with E-state index in [0.717, 1.165) is 38.5 Å². The molecule has 33 heavy (non-hydrogen) atoms. The van der Waals surface area contributed by atoms with Gasteiger partial charge in [0.15, 0.2) is 0 Å². The molecule has 0 bridgehead atoms. The SMILES string of the molecule is CCN1C(=O)CC[C@@]2(C)C1=CC[C@H]1[C@@H]3CC[C@H](C(=O)Nc4c(F)cccc4F)[C@@]3(C)CC[C@@H]12. The Kier molecular flexibility index (Phi) is 5.41. The van der Waals surface area contributed by atoms with Crippen LogP contribution in [-0.2, 0) is 9.59 Å². The van der Waals surface area contributed by atoms with Crippen LogP contribution >= 0.6 is 0 Å². The Hall–Kier alpha value is -2.24. The van der Waals surface area contributed by atoms with Crippen molar-refractivity contribution in [2.75, 3.05) is 11.9 Å². The molecule has 1 aliphatic heterocycles. The minimum absolute atomic E-state index is 0.00477. The average molecular weight is 457 g/mol. The molecule has 1 saturated heterocycles. The van der Waals surface area contributed by atoms with Gasteiger partial charge in [-0.1, -0.05) is 26.0 Å². The summed E-state index contributed by atoms with van der Waals surface area (Å²) >= 11 is 0. The molecule has 3 fully saturated rings. The van der Waals surface area contributed by atoms with Gasteiger partial charge in [0.25, 0.3) is 0 Å². The van der Waals surface area contributed by atoms with E-state index in [1.807, 2.05) is 11.8 Å². The molecular weight excluding hydrogens is 422 g/mol. The smallest absolute Gasteiger partial charge is 0.228 e. The molecule has 1 N–H and O–H groups in total. The van der Waals surface area contributed by atoms with E-state index in [-0.39, 0.29) is 34.2 Å². The first-order valence-corrected chi connectivity index (χ1v) is 12.5. The van der Waals surface area contributed by atoms with E-state index in [0.29, 0.717) is 30.7 Å². The first-order chi connectivity index (χ1) is 15.7. The normalized spacial score (nSPS) is 37.7. The summed E-state index contributed by atoms with van der Waals surface area (Å²) in [5.74, 6) is -0.371. The highest BCUT2D eigenvalue weighted by Crippen LogP contribution is 2.66. The van der Waals surface area contributed by atoms with Crippen LogP contribution in [0, 0.1) is 46.1 Å². The molecule has 3 aliphatic carbocycles. The molecular formula is C27H34F2N2O2. The fourth-order valence-electron chi connectivity index (χ4n) is 8.05. The third kappa shape index (κ3) is 3.27. The summed E-state index contributed by atoms with van der Waals surface area (Å²) in [5.41, 5.74) is 0.704. The van der Waals surface area contributed by atoms with Crippen molar-refractivity contribution in [3.8, 4) is 0 Å². The maximum absolute atomic E-state index is 14.1. The molecule has 1 aromatic rings. The lowest BCUT2D eigenvalue weighted by molar-refractivity contribution is -0.138. The van der Waals surface area contributed by atoms with Gasteiger partial charge in [0, 0.05) is 30.0 Å². The van der Waals surface area contributed by atoms with Crippen molar-refractivity contribution in [3.63, 3.8) is 0 Å². The monoisotopic (exact) mass is 456 g/mol. The molecule has 0 radical (unpaired) electrons. The third-order valence-corrected chi connectivity index (χ3v) is 9.72. The Bertz CT molecular complexity index is 1000. The van der Waals surface area contributed by atoms with E-state index < -0.39 is 11.6 Å². The second-order valence-electron chi connectivity index (χ2n) is 11.0. The first kappa shape index (κ1) is 22.5. The third-order valence-electron chi connectivity index (χ3n) is 9.72. The summed E-state index contributed by atoms with van der Waals surface area (Å²) < 4.78 is 28.3. The molecule has 6 atom stereocenters. The number of allylic oxidation sites excluding steroid dienone is 2. The maximum atomic E-state index is 14.1. The van der Waals surface area contributed by atoms with E-state index in [2.05, 4.69) is 25.2 Å². The lowest BCUT2D eigenvalue weighted by Crippen LogP contribution is -2.54. The number of para-hydroxylation sites is 1. The minimum atomic E-state index is -0.739. The molecule has 6 heteroatoms. The number of carbonyl (C=O) groups is 2. The molecule has 0 aromatic heterocycles. The molecule has 178 valence electrons. The summed E-state index contributed by atoms with van der Waals surface area (Å²) in [4.78, 5) is 27.8. The second kappa shape index (κ2) is 7.92. The number of nitrogens with zero attached hydrogens (tertiary/aromatic N) is 1. The van der Waals surface area contributed by atoms with Crippen molar-refractivity contribution < 1.29 is 18.4 Å². The van der Waals surface area contributed by atoms with E-state index >= 15 is 0 Å². The number of nitrogens with one attached hydrogen (secondary N) is 1. The molecule has 1 heterocycles. The molecule has 2 saturated carbocycles. The zero-order chi connectivity index (χ0) is 23.5. The van der Waals surface area contributed by atoms with Crippen LogP contribution in [0.3, 0.4) is 0 Å². The zero-order valence-corrected chi connectivity index (χ0v) is 19.8. The molecule has 1 aromatic carbocycles. The topological polar surface area (TPSA) is 49.4 Å². The van der Waals surface area contributed by atoms with Gasteiger partial charge in [0.2, 0.25) is 11.8 Å². The largest absolute Gasteiger partial charge is 0.321 e. The summed E-state index contributed by atoms with van der Waals surface area (Å²) in [5, 5.41) is 2.58. The van der Waals surface area contributed by atoms with Crippen molar-refractivity contribution in [2.45, 2.75) is 65.7 Å². The van der Waals surface area contributed by atoms with Gasteiger partial charge >= 0.3 is 0 Å². The van der Waals surface area contributed by atoms with Crippen molar-refractivity contribution in [2.24, 2.45) is 34.5 Å². The Morgan fingerprint density at radius 1 is 1.12 bits per heavy atom. The van der Waals surface area contributed by atoms with Gasteiger partial charge < -0.3 is 10.2 Å². The average Bonchev–Trinajstić information content (AvgIpc) is 3.14. The highest BCUT2D eigenvalue weighted by molar-refractivity contribution is 5.93. The van der Waals surface area contributed by atoms with Crippen LogP contribution in [0.25, 0.3) is 0 Å². The van der Waals surface area contributed by atoms with Crippen LogP contribution in [-0.4, -0.2) is 23.3 Å². The maximum Gasteiger partial charge on any atom is 0.228 e. The molecule has 4 nitrogen and oxygen atoms in total. The number of halogens is 2. The molecule has 0 spiro atoms. The lowest BCUT2D eigenvalue weighted by atomic mass is 9.49.